The maximum atomic E-state index is 3.89. The minimum atomic E-state index is -0.497. The van der Waals surface area contributed by atoms with Crippen LogP contribution in [0.1, 0.15) is 83.2 Å². The molecule has 1 nitrogen and oxygen atoms in total. The average molecular weight is 407 g/mol. The lowest BCUT2D eigenvalue weighted by Crippen LogP contribution is -2.48. The summed E-state index contributed by atoms with van der Waals surface area (Å²) in [4.78, 5) is 3.89. The van der Waals surface area contributed by atoms with Crippen LogP contribution in [-0.4, -0.2) is 14.5 Å². The standard InChI is InChI=1S/C27H40NSi/c1-25(2,3)19-11-12-20-18(15-19)16-22-21(20)13-14-24(26(4,5)6)23(22)17-27(7,8)28-29(9)10/h11-15,28H,16-17H2,1-10H3. The van der Waals surface area contributed by atoms with Gasteiger partial charge in [-0.1, -0.05) is 85.0 Å². The zero-order valence-electron chi connectivity index (χ0n) is 20.3. The lowest BCUT2D eigenvalue weighted by atomic mass is 9.77. The Bertz CT molecular complexity index is 907. The van der Waals surface area contributed by atoms with E-state index in [-0.39, 0.29) is 16.4 Å². The molecule has 0 unspecified atom stereocenters. The van der Waals surface area contributed by atoms with Gasteiger partial charge >= 0.3 is 0 Å². The first-order chi connectivity index (χ1) is 13.2. The van der Waals surface area contributed by atoms with Crippen molar-refractivity contribution in [3.05, 3.63) is 58.1 Å². The summed E-state index contributed by atoms with van der Waals surface area (Å²) in [5.74, 6) is 0. The van der Waals surface area contributed by atoms with Gasteiger partial charge in [0.25, 0.3) is 0 Å². The first kappa shape index (κ1) is 22.3. The number of fused-ring (bicyclic) bond motifs is 3. The fraction of sp³-hybridized carbons (Fsp3) is 0.556. The second-order valence-corrected chi connectivity index (χ2v) is 14.1. The van der Waals surface area contributed by atoms with Crippen LogP contribution in [0.25, 0.3) is 11.1 Å². The lowest BCUT2D eigenvalue weighted by molar-refractivity contribution is 0.456. The summed E-state index contributed by atoms with van der Waals surface area (Å²) in [6.07, 6.45) is 2.15. The van der Waals surface area contributed by atoms with E-state index in [4.69, 9.17) is 0 Å². The van der Waals surface area contributed by atoms with Crippen molar-refractivity contribution in [2.45, 2.75) is 97.7 Å². The Balaban J connectivity index is 2.12. The number of hydrogen-bond donors (Lipinski definition) is 1. The van der Waals surface area contributed by atoms with Gasteiger partial charge < -0.3 is 4.98 Å². The van der Waals surface area contributed by atoms with Crippen molar-refractivity contribution >= 4 is 8.96 Å². The zero-order valence-corrected chi connectivity index (χ0v) is 21.3. The van der Waals surface area contributed by atoms with Gasteiger partial charge in [0.2, 0.25) is 0 Å². The normalized spacial score (nSPS) is 14.3. The van der Waals surface area contributed by atoms with E-state index in [1.54, 1.807) is 11.1 Å². The first-order valence-electron chi connectivity index (χ1n) is 11.1. The monoisotopic (exact) mass is 406 g/mol. The van der Waals surface area contributed by atoms with Gasteiger partial charge in [-0.3, -0.25) is 0 Å². The summed E-state index contributed by atoms with van der Waals surface area (Å²) in [5, 5.41) is 0. The van der Waals surface area contributed by atoms with Crippen molar-refractivity contribution in [3.63, 3.8) is 0 Å². The summed E-state index contributed by atoms with van der Waals surface area (Å²) in [6, 6.07) is 11.9. The van der Waals surface area contributed by atoms with Crippen molar-refractivity contribution in [1.82, 2.24) is 4.98 Å². The second-order valence-electron chi connectivity index (χ2n) is 11.9. The van der Waals surface area contributed by atoms with Gasteiger partial charge in [-0.05, 0) is 76.5 Å². The highest BCUT2D eigenvalue weighted by molar-refractivity contribution is 6.53. The maximum absolute atomic E-state index is 3.89. The molecule has 2 aromatic rings. The molecule has 0 fully saturated rings. The minimum Gasteiger partial charge on any atom is -0.333 e. The highest BCUT2D eigenvalue weighted by atomic mass is 28.3. The Morgan fingerprint density at radius 1 is 0.828 bits per heavy atom. The molecule has 0 amide bonds. The molecule has 29 heavy (non-hydrogen) atoms. The van der Waals surface area contributed by atoms with Crippen LogP contribution in [0.15, 0.2) is 30.3 Å². The van der Waals surface area contributed by atoms with Crippen LogP contribution in [0, 0.1) is 0 Å². The molecule has 0 atom stereocenters. The van der Waals surface area contributed by atoms with Crippen LogP contribution in [0.2, 0.25) is 13.1 Å². The molecule has 1 aliphatic carbocycles. The first-order valence-corrected chi connectivity index (χ1v) is 13.6. The van der Waals surface area contributed by atoms with Crippen molar-refractivity contribution in [2.75, 3.05) is 0 Å². The van der Waals surface area contributed by atoms with Gasteiger partial charge in [0.15, 0.2) is 0 Å². The Hall–Kier alpha value is -1.38. The van der Waals surface area contributed by atoms with E-state index in [9.17, 15) is 0 Å². The zero-order chi connectivity index (χ0) is 21.8. The molecule has 0 saturated heterocycles. The van der Waals surface area contributed by atoms with Gasteiger partial charge in [0, 0.05) is 5.54 Å². The van der Waals surface area contributed by atoms with Crippen LogP contribution in [0.3, 0.4) is 0 Å². The van der Waals surface area contributed by atoms with E-state index in [1.807, 2.05) is 0 Å². The quantitative estimate of drug-likeness (QED) is 0.459. The molecule has 1 aliphatic rings. The Morgan fingerprint density at radius 2 is 1.45 bits per heavy atom. The predicted octanol–water partition coefficient (Wildman–Crippen LogP) is 7.01. The van der Waals surface area contributed by atoms with E-state index in [0.29, 0.717) is 0 Å². The molecule has 0 aliphatic heterocycles. The molecule has 0 spiro atoms. The second kappa shape index (κ2) is 7.39. The molecule has 3 rings (SSSR count). The summed E-state index contributed by atoms with van der Waals surface area (Å²) in [7, 11) is -0.497. The van der Waals surface area contributed by atoms with Gasteiger partial charge in [0.05, 0.1) is 0 Å². The van der Waals surface area contributed by atoms with Gasteiger partial charge in [-0.15, -0.1) is 0 Å². The van der Waals surface area contributed by atoms with Crippen molar-refractivity contribution < 1.29 is 0 Å². The molecule has 0 bridgehead atoms. The Kier molecular flexibility index (Phi) is 5.68. The third-order valence-electron chi connectivity index (χ3n) is 6.07. The fourth-order valence-electron chi connectivity index (χ4n) is 4.87. The van der Waals surface area contributed by atoms with E-state index in [1.165, 1.54) is 27.8 Å². The van der Waals surface area contributed by atoms with Crippen LogP contribution < -0.4 is 4.98 Å². The molecular weight excluding hydrogens is 366 g/mol. The van der Waals surface area contributed by atoms with Crippen LogP contribution in [0.5, 0.6) is 0 Å². The topological polar surface area (TPSA) is 12.0 Å². The van der Waals surface area contributed by atoms with Gasteiger partial charge in [-0.25, -0.2) is 0 Å². The summed E-state index contributed by atoms with van der Waals surface area (Å²) < 4.78 is 0. The number of hydrogen-bond acceptors (Lipinski definition) is 1. The minimum absolute atomic E-state index is 0.109. The molecule has 0 aromatic heterocycles. The molecule has 157 valence electrons. The highest BCUT2D eigenvalue weighted by Gasteiger charge is 2.31. The molecule has 1 N–H and O–H groups in total. The molecule has 0 saturated carbocycles. The molecular formula is C27H40NSi. The summed E-state index contributed by atoms with van der Waals surface area (Å²) in [6.45, 7) is 23.4. The largest absolute Gasteiger partial charge is 0.333 e. The van der Waals surface area contributed by atoms with Crippen LogP contribution in [0.4, 0.5) is 0 Å². The fourth-order valence-corrected chi connectivity index (χ4v) is 6.32. The van der Waals surface area contributed by atoms with E-state index in [2.05, 4.69) is 104 Å². The van der Waals surface area contributed by atoms with Gasteiger partial charge in [-0.2, -0.15) is 0 Å². The lowest BCUT2D eigenvalue weighted by Gasteiger charge is -2.33. The maximum Gasteiger partial charge on any atom is 0.127 e. The Labute approximate surface area is 181 Å². The van der Waals surface area contributed by atoms with Gasteiger partial charge in [0.1, 0.15) is 8.96 Å². The van der Waals surface area contributed by atoms with Crippen LogP contribution in [-0.2, 0) is 23.7 Å². The molecule has 0 heterocycles. The van der Waals surface area contributed by atoms with E-state index < -0.39 is 8.96 Å². The number of benzene rings is 2. The third-order valence-corrected chi connectivity index (χ3v) is 7.25. The smallest absolute Gasteiger partial charge is 0.127 e. The number of nitrogens with one attached hydrogen (secondary N) is 1. The van der Waals surface area contributed by atoms with E-state index >= 15 is 0 Å². The van der Waals surface area contributed by atoms with E-state index in [0.717, 1.165) is 12.8 Å². The third kappa shape index (κ3) is 4.69. The molecule has 2 heteroatoms. The average Bonchev–Trinajstić information content (AvgIpc) is 2.90. The SMILES string of the molecule is C[Si](C)NC(C)(C)Cc1c(C(C)(C)C)ccc2c1Cc1cc(C(C)(C)C)ccc1-2. The molecule has 1 radical (unpaired) electrons. The Morgan fingerprint density at radius 3 is 2.00 bits per heavy atom. The summed E-state index contributed by atoms with van der Waals surface area (Å²) >= 11 is 0. The highest BCUT2D eigenvalue weighted by Crippen LogP contribution is 2.44. The van der Waals surface area contributed by atoms with Crippen molar-refractivity contribution in [2.24, 2.45) is 0 Å². The van der Waals surface area contributed by atoms with Crippen LogP contribution >= 0.6 is 0 Å². The van der Waals surface area contributed by atoms with Crippen molar-refractivity contribution in [3.8, 4) is 11.1 Å². The van der Waals surface area contributed by atoms with Crippen molar-refractivity contribution in [1.29, 1.82) is 0 Å². The summed E-state index contributed by atoms with van der Waals surface area (Å²) in [5.41, 5.74) is 10.9. The number of rotatable bonds is 4. The molecule has 2 aromatic carbocycles. The predicted molar refractivity (Wildman–Crippen MR) is 130 cm³/mol.